The molecule has 59 heavy (non-hydrogen) atoms. The number of aromatic nitrogens is 4. The number of hydrogen-bond donors (Lipinski definition) is 4. The van der Waals surface area contributed by atoms with Gasteiger partial charge in [-0.15, -0.1) is 11.4 Å². The fourth-order valence-corrected chi connectivity index (χ4v) is 6.97. The van der Waals surface area contributed by atoms with Gasteiger partial charge < -0.3 is 39.9 Å². The second kappa shape index (κ2) is 18.1. The van der Waals surface area contributed by atoms with E-state index >= 15 is 0 Å². The molecule has 0 saturated heterocycles. The van der Waals surface area contributed by atoms with Crippen LogP contribution in [0.3, 0.4) is 0 Å². The first-order valence-electron chi connectivity index (χ1n) is 17.7. The number of hydrogen-bond acceptors (Lipinski definition) is 9. The third kappa shape index (κ3) is 8.15. The molecule has 0 spiro atoms. The molecule has 4 aromatic rings. The fourth-order valence-electron chi connectivity index (χ4n) is 6.97. The molecule has 0 bridgehead atoms. The van der Waals surface area contributed by atoms with Crippen molar-refractivity contribution in [2.24, 2.45) is 9.98 Å². The molecule has 17 heteroatoms. The second-order valence-corrected chi connectivity index (χ2v) is 13.2. The summed E-state index contributed by atoms with van der Waals surface area (Å²) >= 11 is 0. The molecule has 0 radical (unpaired) electrons. The van der Waals surface area contributed by atoms with Gasteiger partial charge >= 0.3 is 28.4 Å². The molecule has 4 N–H and O–H groups in total. The van der Waals surface area contributed by atoms with Gasteiger partial charge in [0.05, 0.1) is 52.6 Å². The smallest absolute Gasteiger partial charge is 0.660 e. The number of aliphatic carboxylic acids is 2. The van der Waals surface area contributed by atoms with E-state index in [1.807, 2.05) is 6.92 Å². The average Bonchev–Trinajstić information content (AvgIpc) is 4.04. The third-order valence-electron chi connectivity index (χ3n) is 9.74. The minimum absolute atomic E-state index is 0. The van der Waals surface area contributed by atoms with Crippen molar-refractivity contribution in [3.63, 3.8) is 0 Å². The number of likely N-dealkylation sites (N-methyl/N-ethyl adjacent to an activating group) is 1. The van der Waals surface area contributed by atoms with Crippen molar-refractivity contribution in [1.29, 1.82) is 15.8 Å². The van der Waals surface area contributed by atoms with E-state index in [1.54, 1.807) is 94.5 Å². The van der Waals surface area contributed by atoms with Gasteiger partial charge in [0.2, 0.25) is 5.70 Å². The predicted octanol–water partition coefficient (Wildman–Crippen LogP) is 5.43. The molecule has 0 fully saturated rings. The number of anilines is 1. The second-order valence-electron chi connectivity index (χ2n) is 13.2. The largest absolute Gasteiger partial charge is 2.00 e. The molecular weight excluding hydrogens is 795 g/mol. The van der Waals surface area contributed by atoms with Crippen molar-refractivity contribution in [1.82, 2.24) is 24.4 Å². The molecule has 0 aromatic carbocycles. The molecule has 16 nitrogen and oxygen atoms in total. The topological polar surface area (TPSA) is 237 Å². The van der Waals surface area contributed by atoms with Gasteiger partial charge in [0.1, 0.15) is 25.0 Å². The van der Waals surface area contributed by atoms with Gasteiger partial charge in [0.25, 0.3) is 0 Å². The Kier molecular flexibility index (Phi) is 13.6. The Bertz CT molecular complexity index is 2770. The Morgan fingerprint density at radius 1 is 0.780 bits per heavy atom. The summed E-state index contributed by atoms with van der Waals surface area (Å²) < 4.78 is 3.18. The molecule has 0 atom stereocenters. The van der Waals surface area contributed by atoms with E-state index < -0.39 is 11.9 Å². The van der Waals surface area contributed by atoms with Crippen LogP contribution >= 0.6 is 0 Å². The molecule has 6 rings (SSSR count). The molecule has 300 valence electrons. The summed E-state index contributed by atoms with van der Waals surface area (Å²) in [5, 5.41) is 53.0. The van der Waals surface area contributed by atoms with Crippen LogP contribution in [-0.4, -0.2) is 56.9 Å². The molecule has 6 heterocycles. The van der Waals surface area contributed by atoms with Crippen LogP contribution in [0.2, 0.25) is 0 Å². The number of carboxylic acid groups (broad SMARTS) is 2. The van der Waals surface area contributed by atoms with Crippen molar-refractivity contribution in [3.05, 3.63) is 133 Å². The normalized spacial score (nSPS) is 14.8. The van der Waals surface area contributed by atoms with E-state index in [0.717, 1.165) is 0 Å². The van der Waals surface area contributed by atoms with Gasteiger partial charge in [-0.2, -0.15) is 15.8 Å². The zero-order valence-corrected chi connectivity index (χ0v) is 34.4. The molecule has 0 unspecified atom stereocenters. The van der Waals surface area contributed by atoms with Gasteiger partial charge in [-0.1, -0.05) is 14.0 Å². The summed E-state index contributed by atoms with van der Waals surface area (Å²) in [5.74, 6) is -1.07. The van der Waals surface area contributed by atoms with Crippen LogP contribution in [0.1, 0.15) is 71.5 Å². The van der Waals surface area contributed by atoms with Gasteiger partial charge in [-0.05, 0) is 92.7 Å². The predicted molar refractivity (Wildman–Crippen MR) is 216 cm³/mol. The number of nitriles is 3. The Morgan fingerprint density at radius 2 is 1.29 bits per heavy atom. The molecule has 0 aliphatic carbocycles. The molecule has 2 aliphatic rings. The van der Waals surface area contributed by atoms with Gasteiger partial charge in [0, 0.05) is 41.8 Å². The number of aliphatic imine (C=N–C) groups is 2. The summed E-state index contributed by atoms with van der Waals surface area (Å²) in [7, 11) is 3.38. The number of nitrogens with one attached hydrogen (secondary N) is 2. The first-order chi connectivity index (χ1) is 27.7. The SMILES string of the molecule is CNc1[n-]c(/C(=C2\N=C(C)C(C#N)=C2C)c2cccn2CC(=O)O)c(C)c1C#N.[C-]#[N+]C1=C(C)/C(=C(/c2[n-]c(C)c(C#N)c2C)c2cccn2CC(=O)O)N=C1NC.[Ni+2]. The monoisotopic (exact) mass is 832 g/mol. The maximum absolute atomic E-state index is 11.3. The first kappa shape index (κ1) is 44.1. The van der Waals surface area contributed by atoms with Crippen LogP contribution in [-0.2, 0) is 39.2 Å². The van der Waals surface area contributed by atoms with Crippen LogP contribution < -0.4 is 20.6 Å². The average molecular weight is 834 g/mol. The van der Waals surface area contributed by atoms with Gasteiger partial charge in [-0.25, -0.2) is 9.84 Å². The van der Waals surface area contributed by atoms with Crippen molar-refractivity contribution in [3.8, 4) is 18.2 Å². The molecule has 0 amide bonds. The number of carbonyl (C=O) groups is 2. The zero-order chi connectivity index (χ0) is 42.6. The Hall–Kier alpha value is -7.59. The number of rotatable bonds is 9. The maximum Gasteiger partial charge on any atom is 2.00 e. The van der Waals surface area contributed by atoms with Crippen molar-refractivity contribution in [2.45, 2.75) is 54.6 Å². The zero-order valence-electron chi connectivity index (χ0n) is 33.4. The van der Waals surface area contributed by atoms with Gasteiger partial charge in [-0.3, -0.25) is 14.6 Å². The van der Waals surface area contributed by atoms with Crippen LogP contribution in [0, 0.1) is 61.3 Å². The number of aryl methyl sites for hydroxylation is 1. The van der Waals surface area contributed by atoms with Crippen LogP contribution in [0.4, 0.5) is 5.82 Å². The quantitative estimate of drug-likeness (QED) is 0.123. The summed E-state index contributed by atoms with van der Waals surface area (Å²) in [5.41, 5.74) is 10.3. The number of amidine groups is 1. The van der Waals surface area contributed by atoms with E-state index in [0.29, 0.717) is 113 Å². The third-order valence-corrected chi connectivity index (χ3v) is 9.74. The standard InChI is InChI=1S/2C21H20N6O2.Ni/c1-11-14(9-22)13(3)25-18(11)17(15-7-6-8-27(15)10-16(28)29)19-12(2)20(23-4)21(24-5)26-19;1-11-14(8-22)13(3)25-19(11)18(16-6-5-7-27(16)10-17(28)29)20-12(2)15(9-23)21(24-4)26-20;/h6-8,22H,10H2,1-3,5H3,(H2,24,26,28,29);5-7,23H,10H2,1-4H3,(H2,24,26,28,29);/q;;+2/p-2/b19-17-;19-18-;. The number of allylic oxidation sites excluding steroid dienone is 3. The molecule has 4 aromatic heterocycles. The Labute approximate surface area is 350 Å². The Balaban J connectivity index is 0.000000256. The summed E-state index contributed by atoms with van der Waals surface area (Å²) in [4.78, 5) is 44.7. The molecule has 0 saturated carbocycles. The van der Waals surface area contributed by atoms with Crippen molar-refractivity contribution < 1.29 is 36.3 Å². The summed E-state index contributed by atoms with van der Waals surface area (Å²) in [6, 6.07) is 13.6. The fraction of sp³-hybridized carbons (Fsp3) is 0.238. The van der Waals surface area contributed by atoms with E-state index in [2.05, 4.69) is 53.6 Å². The van der Waals surface area contributed by atoms with Crippen molar-refractivity contribution in [2.75, 3.05) is 19.4 Å². The summed E-state index contributed by atoms with van der Waals surface area (Å²) in [6.07, 6.45) is 3.34. The molecule has 2 aliphatic heterocycles. The van der Waals surface area contributed by atoms with E-state index in [1.165, 1.54) is 0 Å². The number of nitrogens with zero attached hydrogens (tertiary/aromatic N) is 10. The Morgan fingerprint density at radius 3 is 1.68 bits per heavy atom. The van der Waals surface area contributed by atoms with E-state index in [9.17, 15) is 35.6 Å². The first-order valence-corrected chi connectivity index (χ1v) is 17.7. The van der Waals surface area contributed by atoms with Crippen LogP contribution in [0.5, 0.6) is 0 Å². The van der Waals surface area contributed by atoms with Crippen LogP contribution in [0.25, 0.3) is 16.0 Å². The molecular formula is C42H38N12NiO4. The van der Waals surface area contributed by atoms with E-state index in [4.69, 9.17) is 6.57 Å². The van der Waals surface area contributed by atoms with Crippen LogP contribution in [0.15, 0.2) is 80.5 Å². The minimum atomic E-state index is -0.983. The van der Waals surface area contributed by atoms with Crippen molar-refractivity contribution >= 4 is 40.4 Å². The van der Waals surface area contributed by atoms with E-state index in [-0.39, 0.29) is 29.6 Å². The van der Waals surface area contributed by atoms with Gasteiger partial charge in [0.15, 0.2) is 0 Å². The summed E-state index contributed by atoms with van der Waals surface area (Å²) in [6.45, 7) is 17.8. The maximum atomic E-state index is 11.3. The number of carboxylic acids is 2. The minimum Gasteiger partial charge on any atom is -0.660 e.